The van der Waals surface area contributed by atoms with Gasteiger partial charge in [0, 0.05) is 0 Å². The first-order chi connectivity index (χ1) is 23.5. The molecule has 0 unspecified atom stereocenters. The highest BCUT2D eigenvalue weighted by molar-refractivity contribution is 6.79. The number of hydrogen-bond acceptors (Lipinski definition) is 5. The minimum atomic E-state index is -0.652. The molecule has 0 saturated carbocycles. The molecule has 0 aliphatic carbocycles. The lowest BCUT2D eigenvalue weighted by molar-refractivity contribution is 0.306. The zero-order valence-electron chi connectivity index (χ0n) is 26.7. The first kappa shape index (κ1) is 32.9. The van der Waals surface area contributed by atoms with E-state index in [2.05, 4.69) is 0 Å². The molecule has 8 heteroatoms. The molecule has 0 fully saturated rings. The molecular weight excluding hydrogens is 593 g/mol. The molecule has 5 nitrogen and oxygen atoms in total. The van der Waals surface area contributed by atoms with E-state index in [1.807, 2.05) is 158 Å². The quantitative estimate of drug-likeness (QED) is 0.159. The van der Waals surface area contributed by atoms with Crippen molar-refractivity contribution in [1.82, 2.24) is 0 Å². The zero-order valence-corrected chi connectivity index (χ0v) is 26.7. The number of rotatable bonds is 14. The van der Waals surface area contributed by atoms with Gasteiger partial charge in [-0.3, -0.25) is 0 Å². The van der Waals surface area contributed by atoms with Crippen LogP contribution in [-0.2, 0) is 25.9 Å². The smallest absolute Gasteiger partial charge is 0.358 e. The number of ether oxygens (including phenoxy) is 2. The Morgan fingerprint density at radius 3 is 1.02 bits per heavy atom. The maximum atomic E-state index is 10.8. The molecule has 0 saturated heterocycles. The fourth-order valence-corrected chi connectivity index (χ4v) is 5.64. The third-order valence-electron chi connectivity index (χ3n) is 8.42. The summed E-state index contributed by atoms with van der Waals surface area (Å²) in [6.07, 6.45) is 1.08. The van der Waals surface area contributed by atoms with Gasteiger partial charge in [0.1, 0.15) is 24.7 Å². The Morgan fingerprint density at radius 1 is 0.354 bits per heavy atom. The van der Waals surface area contributed by atoms with Gasteiger partial charge < -0.3 is 24.5 Å². The van der Waals surface area contributed by atoms with Crippen LogP contribution in [0.5, 0.6) is 11.5 Å². The van der Waals surface area contributed by atoms with Crippen molar-refractivity contribution >= 4 is 42.6 Å². The highest BCUT2D eigenvalue weighted by atomic mass is 16.5. The summed E-state index contributed by atoms with van der Waals surface area (Å²) in [5, 5.41) is 32.0. The Kier molecular flexibility index (Phi) is 11.1. The van der Waals surface area contributed by atoms with Gasteiger partial charge in [-0.15, -0.1) is 0 Å². The van der Waals surface area contributed by atoms with Crippen molar-refractivity contribution in [3.05, 3.63) is 180 Å². The predicted octanol–water partition coefficient (Wildman–Crippen LogP) is 3.89. The highest BCUT2D eigenvalue weighted by Gasteiger charge is 2.17. The number of hydrogen-bond donors (Lipinski definition) is 3. The van der Waals surface area contributed by atoms with Crippen LogP contribution in [0, 0.1) is 0 Å². The molecule has 0 heterocycles. The first-order valence-corrected chi connectivity index (χ1v) is 16.3. The van der Waals surface area contributed by atoms with Crippen LogP contribution < -0.4 is 31.3 Å². The molecule has 0 radical (unpaired) electrons. The summed E-state index contributed by atoms with van der Waals surface area (Å²) >= 11 is 0. The average Bonchev–Trinajstić information content (AvgIpc) is 3.15. The topological polar surface area (TPSA) is 79.2 Å². The molecule has 6 aromatic carbocycles. The van der Waals surface area contributed by atoms with E-state index >= 15 is 0 Å². The molecule has 0 spiro atoms. The molecular formula is C40H37B3O5. The van der Waals surface area contributed by atoms with E-state index in [0.29, 0.717) is 25.9 Å². The molecule has 3 N–H and O–H groups in total. The average molecular weight is 630 g/mol. The zero-order chi connectivity index (χ0) is 33.1. The van der Waals surface area contributed by atoms with Crippen molar-refractivity contribution in [2.24, 2.45) is 0 Å². The molecule has 236 valence electrons. The van der Waals surface area contributed by atoms with Crippen LogP contribution in [0.25, 0.3) is 0 Å². The number of benzene rings is 6. The third-order valence-corrected chi connectivity index (χ3v) is 8.42. The SMILES string of the molecule is OB(Cc1ccc(OCc2ccc(B(O)c3ccccc3)cc2)cc1)Cc1ccc(OCc2ccc(B(O)c3ccccc3)cc2)cc1. The second-order valence-electron chi connectivity index (χ2n) is 12.0. The van der Waals surface area contributed by atoms with Crippen LogP contribution in [0.15, 0.2) is 158 Å². The maximum absolute atomic E-state index is 10.8. The molecule has 6 rings (SSSR count). The summed E-state index contributed by atoms with van der Waals surface area (Å²) in [6.45, 7) is -0.970. The van der Waals surface area contributed by atoms with Gasteiger partial charge in [-0.25, -0.2) is 0 Å². The largest absolute Gasteiger partial charge is 0.489 e. The Bertz CT molecular complexity index is 1700. The van der Waals surface area contributed by atoms with E-state index < -0.39 is 20.7 Å². The minimum Gasteiger partial charge on any atom is -0.489 e. The normalized spacial score (nSPS) is 10.7. The highest BCUT2D eigenvalue weighted by Crippen LogP contribution is 2.18. The van der Waals surface area contributed by atoms with Gasteiger partial charge in [-0.1, -0.05) is 145 Å². The Hall–Kier alpha value is -5.01. The van der Waals surface area contributed by atoms with Crippen LogP contribution in [0.2, 0.25) is 0 Å². The maximum Gasteiger partial charge on any atom is 0.358 e. The third kappa shape index (κ3) is 9.08. The van der Waals surface area contributed by atoms with Crippen molar-refractivity contribution in [2.75, 3.05) is 0 Å². The Balaban J connectivity index is 0.923. The van der Waals surface area contributed by atoms with Crippen molar-refractivity contribution in [2.45, 2.75) is 25.9 Å². The summed E-state index contributed by atoms with van der Waals surface area (Å²) in [7, 11) is 0. The molecule has 0 bridgehead atoms. The Morgan fingerprint density at radius 2 is 0.667 bits per heavy atom. The van der Waals surface area contributed by atoms with Crippen molar-refractivity contribution in [1.29, 1.82) is 0 Å². The van der Waals surface area contributed by atoms with E-state index in [-0.39, 0.29) is 0 Å². The van der Waals surface area contributed by atoms with Crippen molar-refractivity contribution in [3.8, 4) is 11.5 Å². The molecule has 48 heavy (non-hydrogen) atoms. The predicted molar refractivity (Wildman–Crippen MR) is 197 cm³/mol. The molecule has 6 aromatic rings. The summed E-state index contributed by atoms with van der Waals surface area (Å²) in [5.41, 5.74) is 7.53. The van der Waals surface area contributed by atoms with Crippen LogP contribution in [-0.4, -0.2) is 35.8 Å². The van der Waals surface area contributed by atoms with Crippen LogP contribution >= 0.6 is 0 Å². The summed E-state index contributed by atoms with van der Waals surface area (Å²) in [6, 6.07) is 50.6. The van der Waals surface area contributed by atoms with Crippen molar-refractivity contribution in [3.63, 3.8) is 0 Å². The van der Waals surface area contributed by atoms with Crippen LogP contribution in [0.1, 0.15) is 22.3 Å². The lowest BCUT2D eigenvalue weighted by Crippen LogP contribution is -2.42. The molecule has 0 aliphatic heterocycles. The monoisotopic (exact) mass is 630 g/mol. The van der Waals surface area contributed by atoms with E-state index in [0.717, 1.165) is 55.6 Å². The van der Waals surface area contributed by atoms with Gasteiger partial charge in [0.25, 0.3) is 6.92 Å². The van der Waals surface area contributed by atoms with Gasteiger partial charge in [-0.05, 0) is 69.9 Å². The van der Waals surface area contributed by atoms with Crippen molar-refractivity contribution < 1.29 is 24.5 Å². The molecule has 0 aromatic heterocycles. The second kappa shape index (κ2) is 16.2. The molecule has 0 aliphatic rings. The fraction of sp³-hybridized carbons (Fsp3) is 0.100. The van der Waals surface area contributed by atoms with Crippen LogP contribution in [0.3, 0.4) is 0 Å². The van der Waals surface area contributed by atoms with E-state index in [4.69, 9.17) is 9.47 Å². The Labute approximate surface area is 283 Å². The van der Waals surface area contributed by atoms with E-state index in [9.17, 15) is 15.1 Å². The summed E-state index contributed by atoms with van der Waals surface area (Å²) < 4.78 is 12.0. The van der Waals surface area contributed by atoms with Gasteiger partial charge in [0.05, 0.1) is 0 Å². The fourth-order valence-electron chi connectivity index (χ4n) is 5.64. The molecule has 0 amide bonds. The summed E-state index contributed by atoms with van der Waals surface area (Å²) in [4.78, 5) is 0. The molecule has 0 atom stereocenters. The van der Waals surface area contributed by atoms with Crippen LogP contribution in [0.4, 0.5) is 0 Å². The standard InChI is InChI=1S/C40H37B3O5/c44-41(27-31-15-23-39(24-16-31)47-29-33-11-19-37(20-12-33)42(45)35-7-3-1-4-8-35)28-32-17-25-40(26-18-32)48-30-34-13-21-38(22-14-34)43(46)36-9-5-2-6-10-36/h1-26,44-46H,27-30H2. The van der Waals surface area contributed by atoms with Gasteiger partial charge in [-0.2, -0.15) is 0 Å². The first-order valence-electron chi connectivity index (χ1n) is 16.3. The second-order valence-corrected chi connectivity index (χ2v) is 12.0. The summed E-state index contributed by atoms with van der Waals surface area (Å²) in [5.74, 6) is 1.52. The van der Waals surface area contributed by atoms with Gasteiger partial charge in [0.15, 0.2) is 0 Å². The lowest BCUT2D eigenvalue weighted by atomic mass is 9.56. The van der Waals surface area contributed by atoms with Gasteiger partial charge >= 0.3 is 13.8 Å². The van der Waals surface area contributed by atoms with E-state index in [1.54, 1.807) is 0 Å². The van der Waals surface area contributed by atoms with Gasteiger partial charge in [0.2, 0.25) is 0 Å². The minimum absolute atomic E-state index is 0.425. The van der Waals surface area contributed by atoms with E-state index in [1.165, 1.54) is 0 Å². The lowest BCUT2D eigenvalue weighted by Gasteiger charge is -2.11.